The lowest BCUT2D eigenvalue weighted by atomic mass is 10.1. The first-order chi connectivity index (χ1) is 8.56. The van der Waals surface area contributed by atoms with E-state index in [1.54, 1.807) is 0 Å². The van der Waals surface area contributed by atoms with Crippen LogP contribution >= 0.6 is 22.9 Å². The fourth-order valence-corrected chi connectivity index (χ4v) is 2.59. The predicted octanol–water partition coefficient (Wildman–Crippen LogP) is 4.53. The van der Waals surface area contributed by atoms with E-state index >= 15 is 0 Å². The quantitative estimate of drug-likeness (QED) is 0.871. The van der Waals surface area contributed by atoms with Crippen LogP contribution in [0.15, 0.2) is 29.6 Å². The molecule has 5 heteroatoms. The molecule has 18 heavy (non-hydrogen) atoms. The molecule has 2 aromatic rings. The maximum Gasteiger partial charge on any atom is 0.127 e. The van der Waals surface area contributed by atoms with Gasteiger partial charge in [-0.2, -0.15) is 0 Å². The summed E-state index contributed by atoms with van der Waals surface area (Å²) in [5, 5.41) is 5.08. The largest absolute Gasteiger partial charge is 0.306 e. The van der Waals surface area contributed by atoms with Gasteiger partial charge in [0, 0.05) is 18.2 Å². The summed E-state index contributed by atoms with van der Waals surface area (Å²) in [5.41, 5.74) is 1.37. The second-order valence-corrected chi connectivity index (χ2v) is 5.57. The van der Waals surface area contributed by atoms with Crippen molar-refractivity contribution in [3.05, 3.63) is 56.7 Å². The molecule has 0 radical (unpaired) electrons. The molecule has 0 aliphatic carbocycles. The predicted molar refractivity (Wildman–Crippen MR) is 70.9 cm³/mol. The molecule has 1 unspecified atom stereocenters. The van der Waals surface area contributed by atoms with Crippen molar-refractivity contribution < 1.29 is 8.78 Å². The Kier molecular flexibility index (Phi) is 4.32. The Labute approximate surface area is 113 Å². The topological polar surface area (TPSA) is 12.0 Å². The monoisotopic (exact) mass is 287 g/mol. The summed E-state index contributed by atoms with van der Waals surface area (Å²) in [6.07, 6.45) is 0. The molecule has 1 N–H and O–H groups in total. The van der Waals surface area contributed by atoms with Gasteiger partial charge in [-0.3, -0.25) is 0 Å². The third kappa shape index (κ3) is 3.28. The van der Waals surface area contributed by atoms with Crippen LogP contribution < -0.4 is 5.32 Å². The lowest BCUT2D eigenvalue weighted by molar-refractivity contribution is 0.536. The van der Waals surface area contributed by atoms with Crippen LogP contribution in [0.5, 0.6) is 0 Å². The van der Waals surface area contributed by atoms with Crippen LogP contribution in [0.1, 0.15) is 24.1 Å². The summed E-state index contributed by atoms with van der Waals surface area (Å²) >= 11 is 7.30. The number of halogens is 3. The van der Waals surface area contributed by atoms with Gasteiger partial charge in [-0.25, -0.2) is 8.78 Å². The fourth-order valence-electron chi connectivity index (χ4n) is 1.61. The molecule has 1 aromatic carbocycles. The molecule has 1 atom stereocenters. The molecule has 96 valence electrons. The lowest BCUT2D eigenvalue weighted by Crippen LogP contribution is -2.18. The third-order valence-corrected chi connectivity index (χ3v) is 3.80. The molecule has 1 heterocycles. The number of hydrogen-bond donors (Lipinski definition) is 1. The van der Waals surface area contributed by atoms with Gasteiger partial charge in [-0.05, 0) is 42.1 Å². The van der Waals surface area contributed by atoms with E-state index in [0.717, 1.165) is 22.0 Å². The minimum Gasteiger partial charge on any atom is -0.306 e. The fraction of sp³-hybridized carbons (Fsp3) is 0.231. The van der Waals surface area contributed by atoms with Gasteiger partial charge in [0.25, 0.3) is 0 Å². The average molecular weight is 288 g/mol. The number of thiophene rings is 1. The summed E-state index contributed by atoms with van der Waals surface area (Å²) in [6, 6.07) is 5.36. The van der Waals surface area contributed by atoms with Gasteiger partial charge in [-0.1, -0.05) is 11.6 Å². The van der Waals surface area contributed by atoms with Gasteiger partial charge in [0.2, 0.25) is 0 Å². The van der Waals surface area contributed by atoms with Crippen molar-refractivity contribution in [2.24, 2.45) is 0 Å². The molecular weight excluding hydrogens is 276 g/mol. The van der Waals surface area contributed by atoms with E-state index in [1.807, 2.05) is 18.4 Å². The van der Waals surface area contributed by atoms with Crippen LogP contribution in [0, 0.1) is 11.6 Å². The van der Waals surface area contributed by atoms with E-state index in [0.29, 0.717) is 5.56 Å². The minimum atomic E-state index is -0.431. The summed E-state index contributed by atoms with van der Waals surface area (Å²) in [5.74, 6) is -0.834. The zero-order valence-corrected chi connectivity index (χ0v) is 11.3. The second kappa shape index (κ2) is 5.78. The Morgan fingerprint density at radius 3 is 2.78 bits per heavy atom. The molecule has 0 saturated carbocycles. The SMILES string of the molecule is CC(NCc1cc(F)ccc1F)c1csc(Cl)c1. The zero-order valence-electron chi connectivity index (χ0n) is 9.71. The van der Waals surface area contributed by atoms with Crippen LogP contribution in [-0.2, 0) is 6.54 Å². The third-order valence-electron chi connectivity index (χ3n) is 2.69. The smallest absolute Gasteiger partial charge is 0.127 e. The van der Waals surface area contributed by atoms with E-state index in [1.165, 1.54) is 17.4 Å². The van der Waals surface area contributed by atoms with Crippen molar-refractivity contribution in [2.45, 2.75) is 19.5 Å². The number of benzene rings is 1. The molecule has 2 rings (SSSR count). The molecule has 0 aliphatic heterocycles. The number of hydrogen-bond acceptors (Lipinski definition) is 2. The van der Waals surface area contributed by atoms with Gasteiger partial charge < -0.3 is 5.32 Å². The zero-order chi connectivity index (χ0) is 13.1. The Bertz CT molecular complexity index is 542. The van der Waals surface area contributed by atoms with E-state index < -0.39 is 11.6 Å². The Hall–Kier alpha value is -0.970. The maximum absolute atomic E-state index is 13.4. The molecule has 0 amide bonds. The molecule has 0 spiro atoms. The van der Waals surface area contributed by atoms with Gasteiger partial charge in [0.1, 0.15) is 11.6 Å². The van der Waals surface area contributed by atoms with Crippen LogP contribution in [0.4, 0.5) is 8.78 Å². The number of rotatable bonds is 4. The van der Waals surface area contributed by atoms with Crippen LogP contribution in [0.25, 0.3) is 0 Å². The molecular formula is C13H12ClF2NS. The lowest BCUT2D eigenvalue weighted by Gasteiger charge is -2.12. The van der Waals surface area contributed by atoms with Crippen LogP contribution in [0.2, 0.25) is 4.34 Å². The van der Waals surface area contributed by atoms with Crippen LogP contribution in [0.3, 0.4) is 0 Å². The second-order valence-electron chi connectivity index (χ2n) is 4.02. The molecule has 0 saturated heterocycles. The first-order valence-electron chi connectivity index (χ1n) is 5.47. The van der Waals surface area contributed by atoms with E-state index in [-0.39, 0.29) is 12.6 Å². The van der Waals surface area contributed by atoms with Gasteiger partial charge in [0.05, 0.1) is 4.34 Å². The normalized spacial score (nSPS) is 12.7. The maximum atomic E-state index is 13.4. The summed E-state index contributed by atoms with van der Waals surface area (Å²) < 4.78 is 27.1. The summed E-state index contributed by atoms with van der Waals surface area (Å²) in [4.78, 5) is 0. The summed E-state index contributed by atoms with van der Waals surface area (Å²) in [7, 11) is 0. The highest BCUT2D eigenvalue weighted by molar-refractivity contribution is 7.14. The first kappa shape index (κ1) is 13.5. The highest BCUT2D eigenvalue weighted by Gasteiger charge is 2.09. The van der Waals surface area contributed by atoms with E-state index in [9.17, 15) is 8.78 Å². The Morgan fingerprint density at radius 2 is 2.11 bits per heavy atom. The van der Waals surface area contributed by atoms with Crippen molar-refractivity contribution in [3.63, 3.8) is 0 Å². The first-order valence-corrected chi connectivity index (χ1v) is 6.73. The van der Waals surface area contributed by atoms with Crippen molar-refractivity contribution in [2.75, 3.05) is 0 Å². The van der Waals surface area contributed by atoms with E-state index in [2.05, 4.69) is 5.32 Å². The molecule has 0 fully saturated rings. The molecule has 0 bridgehead atoms. The van der Waals surface area contributed by atoms with Crippen molar-refractivity contribution in [1.29, 1.82) is 0 Å². The van der Waals surface area contributed by atoms with E-state index in [4.69, 9.17) is 11.6 Å². The number of nitrogens with one attached hydrogen (secondary N) is 1. The van der Waals surface area contributed by atoms with Gasteiger partial charge >= 0.3 is 0 Å². The van der Waals surface area contributed by atoms with Crippen LogP contribution in [-0.4, -0.2) is 0 Å². The Balaban J connectivity index is 2.01. The molecule has 0 aliphatic rings. The van der Waals surface area contributed by atoms with Crippen molar-refractivity contribution in [3.8, 4) is 0 Å². The minimum absolute atomic E-state index is 0.0383. The standard InChI is InChI=1S/C13H12ClF2NS/c1-8(10-5-13(14)18-7-10)17-6-9-4-11(15)2-3-12(9)16/h2-5,7-8,17H,6H2,1H3. The van der Waals surface area contributed by atoms with Crippen molar-refractivity contribution >= 4 is 22.9 Å². The van der Waals surface area contributed by atoms with Crippen molar-refractivity contribution in [1.82, 2.24) is 5.32 Å². The molecule has 1 nitrogen and oxygen atoms in total. The van der Waals surface area contributed by atoms with Gasteiger partial charge in [-0.15, -0.1) is 11.3 Å². The molecule has 1 aromatic heterocycles. The average Bonchev–Trinajstić information content (AvgIpc) is 2.77. The highest BCUT2D eigenvalue weighted by atomic mass is 35.5. The Morgan fingerprint density at radius 1 is 1.33 bits per heavy atom. The van der Waals surface area contributed by atoms with Gasteiger partial charge in [0.15, 0.2) is 0 Å². The summed E-state index contributed by atoms with van der Waals surface area (Å²) in [6.45, 7) is 2.23. The highest BCUT2D eigenvalue weighted by Crippen LogP contribution is 2.25.